The van der Waals surface area contributed by atoms with Crippen molar-refractivity contribution in [3.63, 3.8) is 0 Å². The number of alkyl halides is 1. The topological polar surface area (TPSA) is 29.5 Å². The number of hydrogen-bond acceptors (Lipinski definition) is 2. The molecule has 0 N–H and O–H groups in total. The Labute approximate surface area is 108 Å². The van der Waals surface area contributed by atoms with Gasteiger partial charge in [0.25, 0.3) is 5.91 Å². The summed E-state index contributed by atoms with van der Waals surface area (Å²) in [6.45, 7) is 3.48. The maximum Gasteiger partial charge on any atom is 0.252 e. The van der Waals surface area contributed by atoms with Crippen LogP contribution in [0.2, 0.25) is 0 Å². The van der Waals surface area contributed by atoms with Crippen molar-refractivity contribution in [1.82, 2.24) is 4.90 Å². The largest absolute Gasteiger partial charge is 0.368 e. The van der Waals surface area contributed by atoms with Gasteiger partial charge in [-0.25, -0.2) is 0 Å². The Morgan fingerprint density at radius 2 is 2.06 bits per heavy atom. The van der Waals surface area contributed by atoms with Crippen LogP contribution in [0, 0.1) is 5.92 Å². The highest BCUT2D eigenvalue weighted by molar-refractivity contribution is 6.18. The van der Waals surface area contributed by atoms with Crippen molar-refractivity contribution in [3.8, 4) is 0 Å². The van der Waals surface area contributed by atoms with Gasteiger partial charge in [-0.15, -0.1) is 11.6 Å². The second-order valence-corrected chi connectivity index (χ2v) is 5.59. The third-order valence-corrected chi connectivity index (χ3v) is 4.17. The zero-order valence-electron chi connectivity index (χ0n) is 10.5. The molecule has 17 heavy (non-hydrogen) atoms. The van der Waals surface area contributed by atoms with Crippen LogP contribution in [0.1, 0.15) is 39.0 Å². The highest BCUT2D eigenvalue weighted by Gasteiger charge is 2.36. The van der Waals surface area contributed by atoms with E-state index in [1.54, 1.807) is 0 Å². The first-order valence-electron chi connectivity index (χ1n) is 6.72. The van der Waals surface area contributed by atoms with Gasteiger partial charge in [0.1, 0.15) is 6.10 Å². The Hall–Kier alpha value is -0.280. The van der Waals surface area contributed by atoms with Crippen LogP contribution >= 0.6 is 11.6 Å². The van der Waals surface area contributed by atoms with Crippen LogP contribution in [0.5, 0.6) is 0 Å². The zero-order valence-corrected chi connectivity index (χ0v) is 11.3. The van der Waals surface area contributed by atoms with Gasteiger partial charge < -0.3 is 9.64 Å². The second-order valence-electron chi connectivity index (χ2n) is 5.22. The first-order chi connectivity index (χ1) is 8.24. The minimum absolute atomic E-state index is 0.169. The molecule has 0 aromatic heterocycles. The fraction of sp³-hybridized carbons (Fsp3) is 0.923. The van der Waals surface area contributed by atoms with Gasteiger partial charge in [-0.1, -0.05) is 19.8 Å². The molecule has 1 amide bonds. The SMILES string of the molecule is CC1CCOC1C(=O)N(CCCl)C1CCCC1. The molecule has 98 valence electrons. The normalized spacial score (nSPS) is 29.8. The quantitative estimate of drug-likeness (QED) is 0.726. The lowest BCUT2D eigenvalue weighted by molar-refractivity contribution is -0.144. The predicted molar refractivity (Wildman–Crippen MR) is 68.2 cm³/mol. The van der Waals surface area contributed by atoms with Crippen molar-refractivity contribution in [2.24, 2.45) is 5.92 Å². The summed E-state index contributed by atoms with van der Waals surface area (Å²) in [5, 5.41) is 0. The summed E-state index contributed by atoms with van der Waals surface area (Å²) >= 11 is 5.83. The number of ether oxygens (including phenoxy) is 1. The molecule has 0 aromatic carbocycles. The van der Waals surface area contributed by atoms with Gasteiger partial charge >= 0.3 is 0 Å². The number of rotatable bonds is 4. The Bertz CT molecular complexity index is 266. The van der Waals surface area contributed by atoms with Crippen LogP contribution in [-0.4, -0.2) is 42.0 Å². The summed E-state index contributed by atoms with van der Waals surface area (Å²) in [5.74, 6) is 1.04. The minimum atomic E-state index is -0.223. The first kappa shape index (κ1) is 13.2. The molecular formula is C13H22ClNO2. The number of hydrogen-bond donors (Lipinski definition) is 0. The van der Waals surface area contributed by atoms with Gasteiger partial charge in [0.15, 0.2) is 0 Å². The van der Waals surface area contributed by atoms with E-state index in [2.05, 4.69) is 6.92 Å². The molecule has 0 bridgehead atoms. The lowest BCUT2D eigenvalue weighted by Gasteiger charge is -2.31. The van der Waals surface area contributed by atoms with Crippen molar-refractivity contribution in [2.75, 3.05) is 19.0 Å². The monoisotopic (exact) mass is 259 g/mol. The van der Waals surface area contributed by atoms with Crippen molar-refractivity contribution in [3.05, 3.63) is 0 Å². The van der Waals surface area contributed by atoms with Crippen LogP contribution in [0.25, 0.3) is 0 Å². The van der Waals surface area contributed by atoms with Crippen LogP contribution < -0.4 is 0 Å². The molecule has 1 heterocycles. The fourth-order valence-electron chi connectivity index (χ4n) is 2.95. The molecule has 1 aliphatic heterocycles. The van der Waals surface area contributed by atoms with E-state index in [4.69, 9.17) is 16.3 Å². The van der Waals surface area contributed by atoms with E-state index in [-0.39, 0.29) is 12.0 Å². The molecule has 1 aliphatic carbocycles. The molecule has 0 radical (unpaired) electrons. The molecule has 1 saturated heterocycles. The van der Waals surface area contributed by atoms with Crippen LogP contribution in [0.4, 0.5) is 0 Å². The van der Waals surface area contributed by atoms with E-state index in [1.165, 1.54) is 12.8 Å². The molecule has 3 nitrogen and oxygen atoms in total. The molecule has 2 rings (SSSR count). The highest BCUT2D eigenvalue weighted by Crippen LogP contribution is 2.28. The summed E-state index contributed by atoms with van der Waals surface area (Å²) in [5.41, 5.74) is 0. The van der Waals surface area contributed by atoms with E-state index in [0.717, 1.165) is 25.9 Å². The molecular weight excluding hydrogens is 238 g/mol. The molecule has 0 spiro atoms. The molecule has 2 unspecified atom stereocenters. The average Bonchev–Trinajstić information content (AvgIpc) is 2.95. The summed E-state index contributed by atoms with van der Waals surface area (Å²) in [6, 6.07) is 0.401. The summed E-state index contributed by atoms with van der Waals surface area (Å²) in [4.78, 5) is 14.5. The smallest absolute Gasteiger partial charge is 0.252 e. The average molecular weight is 260 g/mol. The molecule has 2 atom stereocenters. The van der Waals surface area contributed by atoms with Crippen molar-refractivity contribution < 1.29 is 9.53 Å². The third-order valence-electron chi connectivity index (χ3n) is 4.00. The Morgan fingerprint density at radius 1 is 1.35 bits per heavy atom. The summed E-state index contributed by atoms with van der Waals surface area (Å²) in [6.07, 6.45) is 5.50. The lowest BCUT2D eigenvalue weighted by atomic mass is 10.0. The Kier molecular flexibility index (Phi) is 4.69. The molecule has 2 aliphatic rings. The summed E-state index contributed by atoms with van der Waals surface area (Å²) < 4.78 is 5.58. The predicted octanol–water partition coefficient (Wildman–Crippen LogP) is 2.42. The highest BCUT2D eigenvalue weighted by atomic mass is 35.5. The van der Waals surface area contributed by atoms with E-state index in [9.17, 15) is 4.79 Å². The molecule has 0 aromatic rings. The summed E-state index contributed by atoms with van der Waals surface area (Å²) in [7, 11) is 0. The zero-order chi connectivity index (χ0) is 12.3. The molecule has 4 heteroatoms. The first-order valence-corrected chi connectivity index (χ1v) is 7.25. The fourth-order valence-corrected chi connectivity index (χ4v) is 3.14. The standard InChI is InChI=1S/C13H22ClNO2/c1-10-6-9-17-12(10)13(16)15(8-7-14)11-4-2-3-5-11/h10-12H,2-9H2,1H3. The van der Waals surface area contributed by atoms with Gasteiger partial charge in [-0.05, 0) is 25.2 Å². The Balaban J connectivity index is 2.01. The van der Waals surface area contributed by atoms with Crippen molar-refractivity contribution in [2.45, 2.75) is 51.2 Å². The number of nitrogens with zero attached hydrogens (tertiary/aromatic N) is 1. The van der Waals surface area contributed by atoms with Gasteiger partial charge in [0, 0.05) is 25.1 Å². The maximum absolute atomic E-state index is 12.5. The lowest BCUT2D eigenvalue weighted by Crippen LogP contribution is -2.46. The van der Waals surface area contributed by atoms with E-state index < -0.39 is 0 Å². The number of halogens is 1. The number of amides is 1. The van der Waals surface area contributed by atoms with Crippen LogP contribution in [0.15, 0.2) is 0 Å². The number of carbonyl (C=O) groups is 1. The van der Waals surface area contributed by atoms with Gasteiger partial charge in [0.2, 0.25) is 0 Å². The van der Waals surface area contributed by atoms with E-state index in [0.29, 0.717) is 24.4 Å². The number of carbonyl (C=O) groups excluding carboxylic acids is 1. The maximum atomic E-state index is 12.5. The van der Waals surface area contributed by atoms with Crippen LogP contribution in [0.3, 0.4) is 0 Å². The van der Waals surface area contributed by atoms with E-state index >= 15 is 0 Å². The molecule has 1 saturated carbocycles. The van der Waals surface area contributed by atoms with E-state index in [1.807, 2.05) is 4.90 Å². The third kappa shape index (κ3) is 2.94. The van der Waals surface area contributed by atoms with Crippen molar-refractivity contribution in [1.29, 1.82) is 0 Å². The molecule has 2 fully saturated rings. The van der Waals surface area contributed by atoms with Crippen LogP contribution in [-0.2, 0) is 9.53 Å². The van der Waals surface area contributed by atoms with Gasteiger partial charge in [-0.2, -0.15) is 0 Å². The Morgan fingerprint density at radius 3 is 2.59 bits per heavy atom. The van der Waals surface area contributed by atoms with Gasteiger partial charge in [-0.3, -0.25) is 4.79 Å². The van der Waals surface area contributed by atoms with Crippen molar-refractivity contribution >= 4 is 17.5 Å². The second kappa shape index (κ2) is 6.05. The minimum Gasteiger partial charge on any atom is -0.368 e. The van der Waals surface area contributed by atoms with Gasteiger partial charge in [0.05, 0.1) is 0 Å².